The second kappa shape index (κ2) is 6.10. The molecule has 0 aromatic carbocycles. The third-order valence-electron chi connectivity index (χ3n) is 5.57. The molecule has 1 aromatic rings. The van der Waals surface area contributed by atoms with Gasteiger partial charge >= 0.3 is 0 Å². The average Bonchev–Trinajstić information content (AvgIpc) is 2.58. The van der Waals surface area contributed by atoms with Crippen molar-refractivity contribution in [1.82, 2.24) is 9.88 Å². The van der Waals surface area contributed by atoms with Gasteiger partial charge in [0.1, 0.15) is 11.9 Å². The van der Waals surface area contributed by atoms with Gasteiger partial charge in [0.2, 0.25) is 0 Å². The van der Waals surface area contributed by atoms with E-state index in [0.29, 0.717) is 6.04 Å². The molecule has 2 fully saturated rings. The van der Waals surface area contributed by atoms with Gasteiger partial charge in [-0.05, 0) is 50.2 Å². The van der Waals surface area contributed by atoms with Crippen LogP contribution in [0, 0.1) is 11.3 Å². The summed E-state index contributed by atoms with van der Waals surface area (Å²) in [6.07, 6.45) is 6.61. The van der Waals surface area contributed by atoms with Gasteiger partial charge in [-0.15, -0.1) is 0 Å². The number of aryl methyl sites for hydroxylation is 2. The first-order chi connectivity index (χ1) is 11.2. The number of aliphatic hydroxyl groups is 1. The zero-order chi connectivity index (χ0) is 15.8. The first kappa shape index (κ1) is 14.9. The molecule has 1 N–H and O–H groups in total. The van der Waals surface area contributed by atoms with E-state index in [1.807, 2.05) is 0 Å². The van der Waals surface area contributed by atoms with E-state index in [-0.39, 0.29) is 6.10 Å². The van der Waals surface area contributed by atoms with Crippen molar-refractivity contribution in [2.45, 2.75) is 50.7 Å². The molecule has 23 heavy (non-hydrogen) atoms. The molecule has 0 atom stereocenters. The van der Waals surface area contributed by atoms with Gasteiger partial charge in [0, 0.05) is 37.9 Å². The average molecular weight is 312 g/mol. The molecule has 4 rings (SSSR count). The third kappa shape index (κ3) is 2.82. The first-order valence-corrected chi connectivity index (χ1v) is 8.84. The van der Waals surface area contributed by atoms with E-state index in [9.17, 15) is 10.4 Å². The Morgan fingerprint density at radius 2 is 1.91 bits per heavy atom. The van der Waals surface area contributed by atoms with Crippen LogP contribution in [-0.4, -0.2) is 53.3 Å². The fourth-order valence-electron chi connectivity index (χ4n) is 4.17. The Morgan fingerprint density at radius 3 is 2.61 bits per heavy atom. The molecule has 0 spiro atoms. The Hall–Kier alpha value is -1.64. The topological polar surface area (TPSA) is 63.4 Å². The SMILES string of the molecule is N#Cc1cc2c(nc1N1CCC(N3CC(O)C3)CC1)CCCC2. The van der Waals surface area contributed by atoms with Crippen molar-refractivity contribution in [3.8, 4) is 6.07 Å². The van der Waals surface area contributed by atoms with Gasteiger partial charge in [-0.2, -0.15) is 5.26 Å². The van der Waals surface area contributed by atoms with Gasteiger partial charge in [0.15, 0.2) is 0 Å². The van der Waals surface area contributed by atoms with Crippen LogP contribution in [-0.2, 0) is 12.8 Å². The lowest BCUT2D eigenvalue weighted by Gasteiger charge is -2.45. The molecule has 2 aliphatic heterocycles. The molecule has 0 saturated carbocycles. The molecular weight excluding hydrogens is 288 g/mol. The Labute approximate surface area is 137 Å². The highest BCUT2D eigenvalue weighted by Crippen LogP contribution is 2.29. The van der Waals surface area contributed by atoms with Gasteiger partial charge in [0.05, 0.1) is 11.7 Å². The normalized spacial score (nSPS) is 23.2. The summed E-state index contributed by atoms with van der Waals surface area (Å²) in [5, 5.41) is 19.0. The van der Waals surface area contributed by atoms with Crippen molar-refractivity contribution < 1.29 is 5.11 Å². The fourth-order valence-corrected chi connectivity index (χ4v) is 4.17. The molecule has 0 amide bonds. The van der Waals surface area contributed by atoms with Gasteiger partial charge in [-0.1, -0.05) is 0 Å². The van der Waals surface area contributed by atoms with E-state index in [1.54, 1.807) is 0 Å². The summed E-state index contributed by atoms with van der Waals surface area (Å²) in [5.41, 5.74) is 3.22. The second-order valence-electron chi connectivity index (χ2n) is 7.11. The van der Waals surface area contributed by atoms with Crippen LogP contribution in [0.2, 0.25) is 0 Å². The Balaban J connectivity index is 1.49. The summed E-state index contributed by atoms with van der Waals surface area (Å²) < 4.78 is 0. The van der Waals surface area contributed by atoms with Crippen LogP contribution in [0.15, 0.2) is 6.07 Å². The van der Waals surface area contributed by atoms with E-state index >= 15 is 0 Å². The summed E-state index contributed by atoms with van der Waals surface area (Å²) >= 11 is 0. The highest BCUT2D eigenvalue weighted by molar-refractivity contribution is 5.56. The Kier molecular flexibility index (Phi) is 3.96. The quantitative estimate of drug-likeness (QED) is 0.896. The molecule has 3 heterocycles. The van der Waals surface area contributed by atoms with Crippen LogP contribution >= 0.6 is 0 Å². The summed E-state index contributed by atoms with van der Waals surface area (Å²) in [4.78, 5) is 9.55. The third-order valence-corrected chi connectivity index (χ3v) is 5.57. The zero-order valence-electron chi connectivity index (χ0n) is 13.5. The Bertz CT molecular complexity index is 625. The lowest BCUT2D eigenvalue weighted by atomic mass is 9.94. The van der Waals surface area contributed by atoms with Crippen molar-refractivity contribution >= 4 is 5.82 Å². The number of β-amino-alcohol motifs (C(OH)–C–C–N with tert-alkyl or cyclic N) is 1. The summed E-state index contributed by atoms with van der Waals surface area (Å²) in [6, 6.07) is 5.02. The molecule has 0 radical (unpaired) electrons. The minimum atomic E-state index is -0.125. The maximum atomic E-state index is 9.51. The maximum Gasteiger partial charge on any atom is 0.146 e. The number of hydrogen-bond acceptors (Lipinski definition) is 5. The van der Waals surface area contributed by atoms with Crippen molar-refractivity contribution in [3.05, 3.63) is 22.9 Å². The van der Waals surface area contributed by atoms with Crippen LogP contribution in [0.4, 0.5) is 5.82 Å². The van der Waals surface area contributed by atoms with Crippen LogP contribution in [0.3, 0.4) is 0 Å². The summed E-state index contributed by atoms with van der Waals surface area (Å²) in [7, 11) is 0. The van der Waals surface area contributed by atoms with Crippen LogP contribution in [0.25, 0.3) is 0 Å². The number of pyridine rings is 1. The molecule has 5 heteroatoms. The smallest absolute Gasteiger partial charge is 0.146 e. The summed E-state index contributed by atoms with van der Waals surface area (Å²) in [5.74, 6) is 0.898. The molecule has 2 saturated heterocycles. The van der Waals surface area contributed by atoms with E-state index in [1.165, 1.54) is 24.1 Å². The van der Waals surface area contributed by atoms with Crippen molar-refractivity contribution in [1.29, 1.82) is 5.26 Å². The molecule has 0 bridgehead atoms. The van der Waals surface area contributed by atoms with E-state index in [2.05, 4.69) is 21.9 Å². The number of hydrogen-bond donors (Lipinski definition) is 1. The van der Waals surface area contributed by atoms with E-state index in [0.717, 1.165) is 63.2 Å². The minimum Gasteiger partial charge on any atom is -0.390 e. The van der Waals surface area contributed by atoms with Crippen molar-refractivity contribution in [2.24, 2.45) is 0 Å². The standard InChI is InChI=1S/C18H24N4O/c19-10-14-9-13-3-1-2-4-17(13)20-18(14)21-7-5-15(6-8-21)22-11-16(23)12-22/h9,15-16,23H,1-8,11-12H2. The van der Waals surface area contributed by atoms with Gasteiger partial charge < -0.3 is 10.0 Å². The number of nitrogens with zero attached hydrogens (tertiary/aromatic N) is 4. The number of aromatic nitrogens is 1. The number of fused-ring (bicyclic) bond motifs is 1. The van der Waals surface area contributed by atoms with E-state index < -0.39 is 0 Å². The lowest BCUT2D eigenvalue weighted by Crippen LogP contribution is -2.57. The van der Waals surface area contributed by atoms with Crippen LogP contribution in [0.1, 0.15) is 42.5 Å². The number of piperidine rings is 1. The first-order valence-electron chi connectivity index (χ1n) is 8.84. The molecule has 1 aromatic heterocycles. The van der Waals surface area contributed by atoms with Crippen LogP contribution < -0.4 is 4.90 Å². The minimum absolute atomic E-state index is 0.125. The number of likely N-dealkylation sites (tertiary alicyclic amines) is 1. The second-order valence-corrected chi connectivity index (χ2v) is 7.11. The number of anilines is 1. The lowest BCUT2D eigenvalue weighted by molar-refractivity contribution is -0.0301. The van der Waals surface area contributed by atoms with Crippen molar-refractivity contribution in [2.75, 3.05) is 31.1 Å². The molecule has 0 unspecified atom stereocenters. The monoisotopic (exact) mass is 312 g/mol. The highest BCUT2D eigenvalue weighted by Gasteiger charge is 2.33. The maximum absolute atomic E-state index is 9.51. The largest absolute Gasteiger partial charge is 0.390 e. The van der Waals surface area contributed by atoms with E-state index in [4.69, 9.17) is 4.98 Å². The van der Waals surface area contributed by atoms with Crippen molar-refractivity contribution in [3.63, 3.8) is 0 Å². The van der Waals surface area contributed by atoms with Gasteiger partial charge in [-0.3, -0.25) is 4.90 Å². The molecule has 122 valence electrons. The predicted molar refractivity (Wildman–Crippen MR) is 88.4 cm³/mol. The fraction of sp³-hybridized carbons (Fsp3) is 0.667. The number of aliphatic hydroxyl groups excluding tert-OH is 1. The highest BCUT2D eigenvalue weighted by atomic mass is 16.3. The molecule has 3 aliphatic rings. The number of rotatable bonds is 2. The zero-order valence-corrected chi connectivity index (χ0v) is 13.5. The Morgan fingerprint density at radius 1 is 1.17 bits per heavy atom. The number of nitriles is 1. The van der Waals surface area contributed by atoms with Crippen LogP contribution in [0.5, 0.6) is 0 Å². The molecule has 1 aliphatic carbocycles. The van der Waals surface area contributed by atoms with Gasteiger partial charge in [-0.25, -0.2) is 4.98 Å². The molecule has 5 nitrogen and oxygen atoms in total. The summed E-state index contributed by atoms with van der Waals surface area (Å²) in [6.45, 7) is 3.56. The molecular formula is C18H24N4O. The van der Waals surface area contributed by atoms with Gasteiger partial charge in [0.25, 0.3) is 0 Å². The predicted octanol–water partition coefficient (Wildman–Crippen LogP) is 1.48.